The molecule has 9 heteroatoms. The highest BCUT2D eigenvalue weighted by Crippen LogP contribution is 2.23. The lowest BCUT2D eigenvalue weighted by atomic mass is 10.1. The number of tetrazole rings is 1. The molecule has 0 bridgehead atoms. The van der Waals surface area contributed by atoms with Gasteiger partial charge >= 0.3 is 0 Å². The van der Waals surface area contributed by atoms with Gasteiger partial charge in [-0.05, 0) is 40.8 Å². The number of para-hydroxylation sites is 1. The van der Waals surface area contributed by atoms with E-state index >= 15 is 0 Å². The average molecular weight is 417 g/mol. The first-order chi connectivity index (χ1) is 13.6. The lowest BCUT2D eigenvalue weighted by Crippen LogP contribution is -2.48. The van der Waals surface area contributed by atoms with E-state index in [1.807, 2.05) is 35.2 Å². The first kappa shape index (κ1) is 18.9. The number of hydrogen-bond donors (Lipinski definition) is 0. The Balaban J connectivity index is 1.39. The maximum absolute atomic E-state index is 12.7. The van der Waals surface area contributed by atoms with E-state index in [2.05, 4.69) is 20.4 Å². The van der Waals surface area contributed by atoms with Crippen LogP contribution in [0.3, 0.4) is 0 Å². The summed E-state index contributed by atoms with van der Waals surface area (Å²) in [6.45, 7) is 3.32. The number of carbonyl (C=O) groups excluding carboxylic acids is 1. The minimum atomic E-state index is -0.0737. The molecular weight excluding hydrogens is 399 g/mol. The molecule has 2 heterocycles. The Morgan fingerprint density at radius 1 is 1.00 bits per heavy atom. The Labute approximate surface area is 172 Å². The highest BCUT2D eigenvalue weighted by Gasteiger charge is 2.24. The van der Waals surface area contributed by atoms with Crippen LogP contribution < -0.4 is 0 Å². The number of amides is 1. The first-order valence-electron chi connectivity index (χ1n) is 8.91. The fourth-order valence-corrected chi connectivity index (χ4v) is 3.71. The van der Waals surface area contributed by atoms with E-state index in [1.54, 1.807) is 22.9 Å². The predicted octanol–water partition coefficient (Wildman–Crippen LogP) is 2.93. The minimum Gasteiger partial charge on any atom is -0.336 e. The van der Waals surface area contributed by atoms with Crippen LogP contribution in [0.5, 0.6) is 0 Å². The van der Waals surface area contributed by atoms with Crippen molar-refractivity contribution in [3.8, 4) is 5.69 Å². The molecule has 28 heavy (non-hydrogen) atoms. The molecule has 0 atom stereocenters. The topological polar surface area (TPSA) is 67.2 Å². The molecule has 0 unspecified atom stereocenters. The van der Waals surface area contributed by atoms with Crippen molar-refractivity contribution in [1.82, 2.24) is 30.0 Å². The molecule has 0 radical (unpaired) electrons. The van der Waals surface area contributed by atoms with Crippen LogP contribution in [-0.4, -0.2) is 62.1 Å². The number of piperazine rings is 1. The van der Waals surface area contributed by atoms with Gasteiger partial charge in [0.05, 0.1) is 22.8 Å². The number of rotatable bonds is 4. The third kappa shape index (κ3) is 4.01. The second-order valence-corrected chi connectivity index (χ2v) is 7.38. The van der Waals surface area contributed by atoms with Crippen LogP contribution in [-0.2, 0) is 6.54 Å². The summed E-state index contributed by atoms with van der Waals surface area (Å²) in [5, 5.41) is 13.0. The molecule has 1 saturated heterocycles. The standard InChI is InChI=1S/C19H18Cl2N6O/c20-14-6-7-16(17(21)12-14)19(28)26-10-8-25(9-11-26)13-18-22-23-24-27(18)15-4-2-1-3-5-15/h1-7,12H,8-11,13H2. The summed E-state index contributed by atoms with van der Waals surface area (Å²) in [5.74, 6) is 0.696. The van der Waals surface area contributed by atoms with E-state index in [0.29, 0.717) is 35.2 Å². The van der Waals surface area contributed by atoms with E-state index in [-0.39, 0.29) is 5.91 Å². The molecule has 144 valence electrons. The predicted molar refractivity (Wildman–Crippen MR) is 107 cm³/mol. The molecule has 3 aromatic rings. The smallest absolute Gasteiger partial charge is 0.255 e. The Bertz CT molecular complexity index is 970. The van der Waals surface area contributed by atoms with Crippen LogP contribution in [0, 0.1) is 0 Å². The van der Waals surface area contributed by atoms with Gasteiger partial charge in [-0.2, -0.15) is 4.68 Å². The van der Waals surface area contributed by atoms with Gasteiger partial charge in [0.2, 0.25) is 0 Å². The highest BCUT2D eigenvalue weighted by molar-refractivity contribution is 6.36. The van der Waals surface area contributed by atoms with Gasteiger partial charge < -0.3 is 4.90 Å². The number of benzene rings is 2. The van der Waals surface area contributed by atoms with Crippen LogP contribution in [0.2, 0.25) is 10.0 Å². The first-order valence-corrected chi connectivity index (χ1v) is 9.67. The van der Waals surface area contributed by atoms with Crippen molar-refractivity contribution in [2.75, 3.05) is 26.2 Å². The summed E-state index contributed by atoms with van der Waals surface area (Å²) in [6.07, 6.45) is 0. The second-order valence-electron chi connectivity index (χ2n) is 6.53. The Morgan fingerprint density at radius 2 is 1.75 bits per heavy atom. The molecule has 1 aromatic heterocycles. The number of halogens is 2. The fraction of sp³-hybridized carbons (Fsp3) is 0.263. The van der Waals surface area contributed by atoms with Gasteiger partial charge in [0.25, 0.3) is 5.91 Å². The summed E-state index contributed by atoms with van der Waals surface area (Å²) in [7, 11) is 0. The van der Waals surface area contributed by atoms with Gasteiger partial charge in [0.15, 0.2) is 5.82 Å². The third-order valence-electron chi connectivity index (χ3n) is 4.72. The van der Waals surface area contributed by atoms with Crippen LogP contribution in [0.25, 0.3) is 5.69 Å². The molecular formula is C19H18Cl2N6O. The van der Waals surface area contributed by atoms with Crippen molar-refractivity contribution in [2.45, 2.75) is 6.54 Å². The van der Waals surface area contributed by atoms with E-state index in [4.69, 9.17) is 23.2 Å². The quantitative estimate of drug-likeness (QED) is 0.653. The van der Waals surface area contributed by atoms with Crippen LogP contribution in [0.4, 0.5) is 0 Å². The lowest BCUT2D eigenvalue weighted by Gasteiger charge is -2.34. The van der Waals surface area contributed by atoms with Crippen molar-refractivity contribution >= 4 is 29.1 Å². The van der Waals surface area contributed by atoms with Gasteiger partial charge in [-0.15, -0.1) is 5.10 Å². The Hall–Kier alpha value is -2.48. The van der Waals surface area contributed by atoms with Gasteiger partial charge in [-0.1, -0.05) is 41.4 Å². The summed E-state index contributed by atoms with van der Waals surface area (Å²) in [4.78, 5) is 16.8. The zero-order valence-electron chi connectivity index (χ0n) is 15.0. The molecule has 0 aliphatic carbocycles. The largest absolute Gasteiger partial charge is 0.336 e. The fourth-order valence-electron chi connectivity index (χ4n) is 3.22. The van der Waals surface area contributed by atoms with Crippen molar-refractivity contribution in [3.05, 3.63) is 70.0 Å². The molecule has 4 rings (SSSR count). The summed E-state index contributed by atoms with van der Waals surface area (Å²) in [6, 6.07) is 14.7. The molecule has 0 spiro atoms. The van der Waals surface area contributed by atoms with Crippen LogP contribution >= 0.6 is 23.2 Å². The van der Waals surface area contributed by atoms with E-state index < -0.39 is 0 Å². The molecule has 0 N–H and O–H groups in total. The maximum Gasteiger partial charge on any atom is 0.255 e. The molecule has 1 fully saturated rings. The van der Waals surface area contributed by atoms with Gasteiger partial charge in [-0.3, -0.25) is 9.69 Å². The average Bonchev–Trinajstić information content (AvgIpc) is 3.17. The van der Waals surface area contributed by atoms with E-state index in [0.717, 1.165) is 24.6 Å². The summed E-state index contributed by atoms with van der Waals surface area (Å²) >= 11 is 12.1. The van der Waals surface area contributed by atoms with Crippen molar-refractivity contribution in [2.24, 2.45) is 0 Å². The Kier molecular flexibility index (Phi) is 5.57. The molecule has 7 nitrogen and oxygen atoms in total. The SMILES string of the molecule is O=C(c1ccc(Cl)cc1Cl)N1CCN(Cc2nnnn2-c2ccccc2)CC1. The normalized spacial score (nSPS) is 15.0. The number of aromatic nitrogens is 4. The van der Waals surface area contributed by atoms with Crippen molar-refractivity contribution < 1.29 is 4.79 Å². The van der Waals surface area contributed by atoms with Gasteiger partial charge in [0.1, 0.15) is 0 Å². The zero-order chi connectivity index (χ0) is 19.5. The molecule has 0 saturated carbocycles. The lowest BCUT2D eigenvalue weighted by molar-refractivity contribution is 0.0624. The Morgan fingerprint density at radius 3 is 2.46 bits per heavy atom. The van der Waals surface area contributed by atoms with Crippen molar-refractivity contribution in [1.29, 1.82) is 0 Å². The summed E-state index contributed by atoms with van der Waals surface area (Å²) < 4.78 is 1.74. The minimum absolute atomic E-state index is 0.0737. The van der Waals surface area contributed by atoms with Crippen LogP contribution in [0.1, 0.15) is 16.2 Å². The number of hydrogen-bond acceptors (Lipinski definition) is 5. The van der Waals surface area contributed by atoms with Gasteiger partial charge in [0, 0.05) is 31.2 Å². The summed E-state index contributed by atoms with van der Waals surface area (Å²) in [5.41, 5.74) is 1.40. The van der Waals surface area contributed by atoms with Crippen molar-refractivity contribution in [3.63, 3.8) is 0 Å². The molecule has 1 aliphatic rings. The third-order valence-corrected chi connectivity index (χ3v) is 5.27. The molecule has 1 aliphatic heterocycles. The van der Waals surface area contributed by atoms with E-state index in [9.17, 15) is 4.79 Å². The van der Waals surface area contributed by atoms with E-state index in [1.165, 1.54) is 0 Å². The number of carbonyl (C=O) groups is 1. The molecule has 1 amide bonds. The molecule has 2 aromatic carbocycles. The maximum atomic E-state index is 12.7. The van der Waals surface area contributed by atoms with Gasteiger partial charge in [-0.25, -0.2) is 0 Å². The second kappa shape index (κ2) is 8.26. The highest BCUT2D eigenvalue weighted by atomic mass is 35.5. The zero-order valence-corrected chi connectivity index (χ0v) is 16.5. The monoisotopic (exact) mass is 416 g/mol. The number of nitrogens with zero attached hydrogens (tertiary/aromatic N) is 6. The van der Waals surface area contributed by atoms with Crippen LogP contribution in [0.15, 0.2) is 48.5 Å².